The summed E-state index contributed by atoms with van der Waals surface area (Å²) in [4.78, 5) is 10.8. The van der Waals surface area contributed by atoms with Crippen LogP contribution in [0.1, 0.15) is 18.1 Å². The van der Waals surface area contributed by atoms with Crippen LogP contribution in [-0.4, -0.2) is 5.91 Å². The highest BCUT2D eigenvalue weighted by Gasteiger charge is 2.08. The highest BCUT2D eigenvalue weighted by molar-refractivity contribution is 5.76. The molecule has 4 N–H and O–H groups in total. The van der Waals surface area contributed by atoms with Crippen molar-refractivity contribution in [3.63, 3.8) is 0 Å². The van der Waals surface area contributed by atoms with Gasteiger partial charge in [0.2, 0.25) is 5.91 Å². The van der Waals surface area contributed by atoms with Crippen LogP contribution in [0.2, 0.25) is 0 Å². The summed E-state index contributed by atoms with van der Waals surface area (Å²) in [6.45, 7) is 2.38. The van der Waals surface area contributed by atoms with E-state index in [0.717, 1.165) is 11.1 Å². The largest absolute Gasteiger partial charge is 0.369 e. The number of benzene rings is 1. The molecule has 1 amide bonds. The summed E-state index contributed by atoms with van der Waals surface area (Å²) >= 11 is 0. The van der Waals surface area contributed by atoms with Gasteiger partial charge in [0.05, 0.1) is 0 Å². The molecule has 14 heavy (non-hydrogen) atoms. The molecule has 0 radical (unpaired) electrons. The Morgan fingerprint density at radius 3 is 2.21 bits per heavy atom. The third kappa shape index (κ3) is 2.85. The molecular formula is C11H16N2O. The molecule has 3 heteroatoms. The van der Waals surface area contributed by atoms with E-state index in [1.807, 2.05) is 31.2 Å². The van der Waals surface area contributed by atoms with Gasteiger partial charge in [-0.2, -0.15) is 0 Å². The molecule has 0 heterocycles. The molecule has 0 unspecified atom stereocenters. The van der Waals surface area contributed by atoms with Crippen LogP contribution < -0.4 is 11.5 Å². The van der Waals surface area contributed by atoms with Crippen molar-refractivity contribution in [2.45, 2.75) is 19.9 Å². The van der Waals surface area contributed by atoms with Crippen LogP contribution >= 0.6 is 0 Å². The second kappa shape index (κ2) is 4.77. The number of hydrogen-bond acceptors (Lipinski definition) is 2. The predicted octanol–water partition coefficient (Wildman–Crippen LogP) is 0.809. The Bertz CT molecular complexity index is 306. The first-order valence-corrected chi connectivity index (χ1v) is 4.70. The number of amides is 1. The maximum Gasteiger partial charge on any atom is 0.220 e. The topological polar surface area (TPSA) is 69.1 Å². The summed E-state index contributed by atoms with van der Waals surface area (Å²) in [5.41, 5.74) is 12.9. The zero-order chi connectivity index (χ0) is 10.6. The van der Waals surface area contributed by atoms with E-state index in [-0.39, 0.29) is 11.8 Å². The standard InChI is InChI=1S/C11H16N2O/c1-8(11(13)14)6-9-2-4-10(7-12)5-3-9/h2-5,8H,6-7,12H2,1H3,(H2,13,14)/t8-/m0/s1. The molecule has 0 aromatic heterocycles. The van der Waals surface area contributed by atoms with Crippen LogP contribution in [0.5, 0.6) is 0 Å². The van der Waals surface area contributed by atoms with Crippen molar-refractivity contribution in [2.24, 2.45) is 17.4 Å². The molecule has 76 valence electrons. The van der Waals surface area contributed by atoms with E-state index in [0.29, 0.717) is 13.0 Å². The van der Waals surface area contributed by atoms with E-state index in [9.17, 15) is 4.79 Å². The lowest BCUT2D eigenvalue weighted by atomic mass is 10.00. The molecule has 0 saturated heterocycles. The molecule has 0 fully saturated rings. The number of hydrogen-bond donors (Lipinski definition) is 2. The lowest BCUT2D eigenvalue weighted by molar-refractivity contribution is -0.121. The predicted molar refractivity (Wildman–Crippen MR) is 56.4 cm³/mol. The molecule has 0 aliphatic heterocycles. The average molecular weight is 192 g/mol. The maximum absolute atomic E-state index is 10.8. The minimum atomic E-state index is -0.257. The SMILES string of the molecule is C[C@@H](Cc1ccc(CN)cc1)C(N)=O. The summed E-state index contributed by atoms with van der Waals surface area (Å²) in [6, 6.07) is 7.93. The number of carbonyl (C=O) groups excluding carboxylic acids is 1. The second-order valence-corrected chi connectivity index (χ2v) is 3.53. The van der Waals surface area contributed by atoms with Gasteiger partial charge in [-0.05, 0) is 17.5 Å². The Balaban J connectivity index is 2.64. The lowest BCUT2D eigenvalue weighted by Crippen LogP contribution is -2.22. The monoisotopic (exact) mass is 192 g/mol. The summed E-state index contributed by atoms with van der Waals surface area (Å²) in [5, 5.41) is 0. The first-order valence-electron chi connectivity index (χ1n) is 4.70. The first kappa shape index (κ1) is 10.7. The molecule has 1 aromatic rings. The van der Waals surface area contributed by atoms with Crippen molar-refractivity contribution < 1.29 is 4.79 Å². The van der Waals surface area contributed by atoms with Gasteiger partial charge >= 0.3 is 0 Å². The molecular weight excluding hydrogens is 176 g/mol. The second-order valence-electron chi connectivity index (χ2n) is 3.53. The van der Waals surface area contributed by atoms with Gasteiger partial charge in [-0.1, -0.05) is 31.2 Å². The Labute approximate surface area is 84.1 Å². The van der Waals surface area contributed by atoms with Gasteiger partial charge in [0.25, 0.3) is 0 Å². The fourth-order valence-electron chi connectivity index (χ4n) is 1.27. The van der Waals surface area contributed by atoms with Crippen LogP contribution in [0, 0.1) is 5.92 Å². The van der Waals surface area contributed by atoms with E-state index >= 15 is 0 Å². The van der Waals surface area contributed by atoms with Gasteiger partial charge in [0.1, 0.15) is 0 Å². The molecule has 1 atom stereocenters. The normalized spacial score (nSPS) is 12.4. The van der Waals surface area contributed by atoms with Crippen molar-refractivity contribution in [2.75, 3.05) is 0 Å². The third-order valence-electron chi connectivity index (χ3n) is 2.29. The number of primary amides is 1. The lowest BCUT2D eigenvalue weighted by Gasteiger charge is -2.07. The van der Waals surface area contributed by atoms with E-state index < -0.39 is 0 Å². The van der Waals surface area contributed by atoms with Gasteiger partial charge in [0, 0.05) is 12.5 Å². The maximum atomic E-state index is 10.8. The van der Waals surface area contributed by atoms with Gasteiger partial charge in [-0.3, -0.25) is 4.79 Å². The van der Waals surface area contributed by atoms with Gasteiger partial charge in [-0.15, -0.1) is 0 Å². The Morgan fingerprint density at radius 1 is 1.29 bits per heavy atom. The minimum absolute atomic E-state index is 0.112. The zero-order valence-electron chi connectivity index (χ0n) is 8.36. The zero-order valence-corrected chi connectivity index (χ0v) is 8.36. The van der Waals surface area contributed by atoms with Gasteiger partial charge in [-0.25, -0.2) is 0 Å². The van der Waals surface area contributed by atoms with Crippen molar-refractivity contribution in [3.8, 4) is 0 Å². The highest BCUT2D eigenvalue weighted by atomic mass is 16.1. The van der Waals surface area contributed by atoms with Crippen molar-refractivity contribution in [3.05, 3.63) is 35.4 Å². The smallest absolute Gasteiger partial charge is 0.220 e. The van der Waals surface area contributed by atoms with Crippen molar-refractivity contribution in [1.82, 2.24) is 0 Å². The van der Waals surface area contributed by atoms with Crippen molar-refractivity contribution in [1.29, 1.82) is 0 Å². The van der Waals surface area contributed by atoms with Crippen LogP contribution in [0.15, 0.2) is 24.3 Å². The van der Waals surface area contributed by atoms with Crippen LogP contribution in [0.3, 0.4) is 0 Å². The average Bonchev–Trinajstić information content (AvgIpc) is 2.19. The molecule has 0 aliphatic rings. The minimum Gasteiger partial charge on any atom is -0.369 e. The molecule has 3 nitrogen and oxygen atoms in total. The summed E-state index contributed by atoms with van der Waals surface area (Å²) in [5.74, 6) is -0.369. The number of carbonyl (C=O) groups is 1. The summed E-state index contributed by atoms with van der Waals surface area (Å²) < 4.78 is 0. The fraction of sp³-hybridized carbons (Fsp3) is 0.364. The molecule has 0 aliphatic carbocycles. The van der Waals surface area contributed by atoms with Crippen molar-refractivity contribution >= 4 is 5.91 Å². The number of rotatable bonds is 4. The van der Waals surface area contributed by atoms with Crippen LogP contribution in [0.25, 0.3) is 0 Å². The molecule has 0 bridgehead atoms. The van der Waals surface area contributed by atoms with Crippen LogP contribution in [-0.2, 0) is 17.8 Å². The highest BCUT2D eigenvalue weighted by Crippen LogP contribution is 2.09. The van der Waals surface area contributed by atoms with Crippen LogP contribution in [0.4, 0.5) is 0 Å². The summed E-state index contributed by atoms with van der Waals surface area (Å²) in [7, 11) is 0. The molecule has 1 rings (SSSR count). The Hall–Kier alpha value is -1.35. The third-order valence-corrected chi connectivity index (χ3v) is 2.29. The molecule has 0 spiro atoms. The Kier molecular flexibility index (Phi) is 3.65. The quantitative estimate of drug-likeness (QED) is 0.741. The Morgan fingerprint density at radius 2 is 1.79 bits per heavy atom. The van der Waals surface area contributed by atoms with Gasteiger partial charge < -0.3 is 11.5 Å². The molecule has 1 aromatic carbocycles. The first-order chi connectivity index (χ1) is 6.63. The van der Waals surface area contributed by atoms with E-state index in [4.69, 9.17) is 11.5 Å². The molecule has 0 saturated carbocycles. The van der Waals surface area contributed by atoms with Gasteiger partial charge in [0.15, 0.2) is 0 Å². The van der Waals surface area contributed by atoms with E-state index in [1.54, 1.807) is 0 Å². The fourth-order valence-corrected chi connectivity index (χ4v) is 1.27. The van der Waals surface area contributed by atoms with E-state index in [1.165, 1.54) is 0 Å². The number of nitrogens with two attached hydrogens (primary N) is 2. The summed E-state index contributed by atoms with van der Waals surface area (Å²) in [6.07, 6.45) is 0.695. The van der Waals surface area contributed by atoms with E-state index in [2.05, 4.69) is 0 Å².